The topological polar surface area (TPSA) is 75.6 Å². The summed E-state index contributed by atoms with van der Waals surface area (Å²) in [7, 11) is 0. The van der Waals surface area contributed by atoms with E-state index in [1.165, 1.54) is 22.9 Å². The van der Waals surface area contributed by atoms with Gasteiger partial charge >= 0.3 is 0 Å². The summed E-state index contributed by atoms with van der Waals surface area (Å²) in [5.74, 6) is 0.696. The molecule has 0 bridgehead atoms. The Hall–Kier alpha value is -2.45. The number of benzene rings is 1. The zero-order valence-corrected chi connectivity index (χ0v) is 17.8. The lowest BCUT2D eigenvalue weighted by molar-refractivity contribution is 0.0950. The summed E-state index contributed by atoms with van der Waals surface area (Å²) in [6.45, 7) is 7.37. The minimum Gasteiger partial charge on any atom is -0.352 e. The zero-order chi connectivity index (χ0) is 20.1. The monoisotopic (exact) mass is 413 g/mol. The Kier molecular flexibility index (Phi) is 6.64. The summed E-state index contributed by atoms with van der Waals surface area (Å²) in [6, 6.07) is 9.85. The summed E-state index contributed by atoms with van der Waals surface area (Å²) in [5.41, 5.74) is 2.96. The molecule has 2 N–H and O–H groups in total. The van der Waals surface area contributed by atoms with E-state index in [-0.39, 0.29) is 5.91 Å². The Morgan fingerprint density at radius 1 is 1.32 bits per heavy atom. The molecule has 0 fully saturated rings. The third-order valence-corrected chi connectivity index (χ3v) is 5.85. The molecule has 6 nitrogen and oxygen atoms in total. The van der Waals surface area contributed by atoms with E-state index in [4.69, 9.17) is 12.2 Å². The minimum atomic E-state index is -0.141. The molecule has 0 saturated heterocycles. The van der Waals surface area contributed by atoms with Gasteiger partial charge in [0.1, 0.15) is 10.9 Å². The van der Waals surface area contributed by atoms with Gasteiger partial charge < -0.3 is 9.88 Å². The van der Waals surface area contributed by atoms with Crippen molar-refractivity contribution in [3.8, 4) is 0 Å². The lowest BCUT2D eigenvalue weighted by Gasteiger charge is -2.11. The van der Waals surface area contributed by atoms with Crippen LogP contribution in [0.1, 0.15) is 34.2 Å². The highest BCUT2D eigenvalue weighted by molar-refractivity contribution is 7.99. The normalized spacial score (nSPS) is 10.8. The van der Waals surface area contributed by atoms with Gasteiger partial charge in [0.2, 0.25) is 0 Å². The predicted molar refractivity (Wildman–Crippen MR) is 113 cm³/mol. The second-order valence-electron chi connectivity index (χ2n) is 6.42. The molecule has 0 aliphatic heterocycles. The lowest BCUT2D eigenvalue weighted by Crippen LogP contribution is -2.27. The molecule has 8 heteroatoms. The molecule has 0 aliphatic carbocycles. The van der Waals surface area contributed by atoms with E-state index in [2.05, 4.69) is 52.5 Å². The Bertz CT molecular complexity index is 1040. The number of nitrogens with one attached hydrogen (secondary N) is 2. The van der Waals surface area contributed by atoms with Crippen molar-refractivity contribution < 1.29 is 4.79 Å². The summed E-state index contributed by atoms with van der Waals surface area (Å²) in [5, 5.41) is 10.7. The molecule has 0 atom stereocenters. The van der Waals surface area contributed by atoms with Crippen molar-refractivity contribution in [2.24, 2.45) is 0 Å². The Morgan fingerprint density at radius 3 is 2.89 bits per heavy atom. The van der Waals surface area contributed by atoms with Crippen molar-refractivity contribution in [3.05, 3.63) is 63.8 Å². The number of amides is 1. The first kappa shape index (κ1) is 20.3. The summed E-state index contributed by atoms with van der Waals surface area (Å²) >= 11 is 6.70. The number of aromatic nitrogens is 4. The van der Waals surface area contributed by atoms with Gasteiger partial charge in [-0.2, -0.15) is 5.10 Å². The van der Waals surface area contributed by atoms with Crippen molar-refractivity contribution in [2.45, 2.75) is 43.7 Å². The van der Waals surface area contributed by atoms with Crippen LogP contribution in [0.5, 0.6) is 0 Å². The van der Waals surface area contributed by atoms with Crippen molar-refractivity contribution in [1.82, 2.24) is 25.1 Å². The van der Waals surface area contributed by atoms with Gasteiger partial charge in [0, 0.05) is 30.6 Å². The number of nitrogens with zero attached hydrogens (tertiary/aromatic N) is 3. The molecule has 1 aromatic carbocycles. The number of hydrogen-bond donors (Lipinski definition) is 2. The highest BCUT2D eigenvalue weighted by Crippen LogP contribution is 2.31. The van der Waals surface area contributed by atoms with E-state index >= 15 is 0 Å². The molecule has 1 amide bonds. The maximum absolute atomic E-state index is 12.7. The third kappa shape index (κ3) is 4.69. The van der Waals surface area contributed by atoms with Gasteiger partial charge in [-0.3, -0.25) is 9.89 Å². The molecule has 28 heavy (non-hydrogen) atoms. The fourth-order valence-corrected chi connectivity index (χ4v) is 4.14. The summed E-state index contributed by atoms with van der Waals surface area (Å²) in [6.07, 6.45) is 2.31. The standard InChI is InChI=1S/C20H23N5OS2/c1-4-25-17(23-24-20(25)27)9-11-21-18(26)15-6-5-10-22-19(15)28-16-8-7-13(2)12-14(16)3/h5-8,10,12H,4,9,11H2,1-3H3,(H,21,26)(H,24,27). The van der Waals surface area contributed by atoms with E-state index in [0.717, 1.165) is 17.3 Å². The molecule has 0 spiro atoms. The Balaban J connectivity index is 1.69. The number of hydrogen-bond acceptors (Lipinski definition) is 5. The molecule has 2 heterocycles. The molecular weight excluding hydrogens is 390 g/mol. The number of aryl methyl sites for hydroxylation is 2. The molecule has 0 unspecified atom stereocenters. The van der Waals surface area contributed by atoms with Crippen molar-refractivity contribution in [2.75, 3.05) is 6.54 Å². The highest BCUT2D eigenvalue weighted by Gasteiger charge is 2.14. The predicted octanol–water partition coefficient (Wildman–Crippen LogP) is 4.10. The molecule has 3 rings (SSSR count). The molecule has 146 valence electrons. The van der Waals surface area contributed by atoms with E-state index < -0.39 is 0 Å². The molecule has 0 saturated carbocycles. The van der Waals surface area contributed by atoms with Crippen molar-refractivity contribution >= 4 is 29.9 Å². The largest absolute Gasteiger partial charge is 0.352 e. The van der Waals surface area contributed by atoms with Crippen molar-refractivity contribution in [3.63, 3.8) is 0 Å². The average molecular weight is 414 g/mol. The summed E-state index contributed by atoms with van der Waals surface area (Å²) in [4.78, 5) is 18.2. The first-order valence-corrected chi connectivity index (χ1v) is 10.3. The van der Waals surface area contributed by atoms with Crippen LogP contribution in [0.25, 0.3) is 0 Å². The van der Waals surface area contributed by atoms with Gasteiger partial charge in [0.05, 0.1) is 5.56 Å². The zero-order valence-electron chi connectivity index (χ0n) is 16.2. The molecule has 0 radical (unpaired) electrons. The van der Waals surface area contributed by atoms with Crippen LogP contribution in [0, 0.1) is 18.6 Å². The van der Waals surface area contributed by atoms with Gasteiger partial charge in [-0.25, -0.2) is 4.98 Å². The van der Waals surface area contributed by atoms with Crippen LogP contribution in [0.4, 0.5) is 0 Å². The Labute approximate surface area is 173 Å². The van der Waals surface area contributed by atoms with Gasteiger partial charge in [-0.15, -0.1) is 0 Å². The number of carbonyl (C=O) groups is 1. The van der Waals surface area contributed by atoms with Gasteiger partial charge in [-0.1, -0.05) is 29.5 Å². The Morgan fingerprint density at radius 2 is 2.14 bits per heavy atom. The van der Waals surface area contributed by atoms with E-state index in [1.54, 1.807) is 18.3 Å². The highest BCUT2D eigenvalue weighted by atomic mass is 32.2. The smallest absolute Gasteiger partial charge is 0.254 e. The number of aromatic amines is 1. The fraction of sp³-hybridized carbons (Fsp3) is 0.300. The number of carbonyl (C=O) groups excluding carboxylic acids is 1. The SMILES string of the molecule is CCn1c(CCNC(=O)c2cccnc2Sc2ccc(C)cc2C)n[nH]c1=S. The van der Waals surface area contributed by atoms with Gasteiger partial charge in [0.15, 0.2) is 4.77 Å². The maximum atomic E-state index is 12.7. The molecule has 0 aliphatic rings. The van der Waals surface area contributed by atoms with Crippen LogP contribution in [-0.2, 0) is 13.0 Å². The van der Waals surface area contributed by atoms with E-state index in [0.29, 0.717) is 28.3 Å². The number of rotatable bonds is 7. The van der Waals surface area contributed by atoms with Gasteiger partial charge in [-0.05, 0) is 56.8 Å². The fourth-order valence-electron chi connectivity index (χ4n) is 2.91. The molecule has 2 aromatic heterocycles. The van der Waals surface area contributed by atoms with E-state index in [1.807, 2.05) is 11.5 Å². The van der Waals surface area contributed by atoms with Crippen LogP contribution < -0.4 is 5.32 Å². The van der Waals surface area contributed by atoms with Crippen LogP contribution >= 0.6 is 24.0 Å². The second kappa shape index (κ2) is 9.16. The minimum absolute atomic E-state index is 0.141. The van der Waals surface area contributed by atoms with Crippen molar-refractivity contribution in [1.29, 1.82) is 0 Å². The number of H-pyrrole nitrogens is 1. The second-order valence-corrected chi connectivity index (χ2v) is 7.84. The molecular formula is C20H23N5OS2. The first-order chi connectivity index (χ1) is 13.5. The van der Waals surface area contributed by atoms with Gasteiger partial charge in [0.25, 0.3) is 5.91 Å². The van der Waals surface area contributed by atoms with Crippen LogP contribution in [0.2, 0.25) is 0 Å². The van der Waals surface area contributed by atoms with Crippen LogP contribution in [0.3, 0.4) is 0 Å². The summed E-state index contributed by atoms with van der Waals surface area (Å²) < 4.78 is 2.52. The third-order valence-electron chi connectivity index (χ3n) is 4.34. The number of pyridine rings is 1. The van der Waals surface area contributed by atoms with E-state index in [9.17, 15) is 4.79 Å². The first-order valence-electron chi connectivity index (χ1n) is 9.12. The van der Waals surface area contributed by atoms with Crippen LogP contribution in [-0.4, -0.2) is 32.2 Å². The molecule has 3 aromatic rings. The quantitative estimate of drug-likeness (QED) is 0.571. The van der Waals surface area contributed by atoms with Crippen LogP contribution in [0.15, 0.2) is 46.5 Å². The average Bonchev–Trinajstić information content (AvgIpc) is 3.04. The maximum Gasteiger partial charge on any atom is 0.254 e. The lowest BCUT2D eigenvalue weighted by atomic mass is 10.2.